The molecular formula is C40H39FN4O4. The highest BCUT2D eigenvalue weighted by Crippen LogP contribution is 2.36. The van der Waals surface area contributed by atoms with Gasteiger partial charge in [0.05, 0.1) is 0 Å². The van der Waals surface area contributed by atoms with Crippen LogP contribution < -0.4 is 10.2 Å². The first-order valence-corrected chi connectivity index (χ1v) is 16.9. The average molecular weight is 659 g/mol. The van der Waals surface area contributed by atoms with Crippen LogP contribution >= 0.6 is 0 Å². The standard InChI is InChI=1S/C40H39FN4O4/c1-2-33(26-6-4-3-5-7-26)38(28-10-14-32(46)15-11-28)27-8-12-31(13-9-27)44-20-18-43(19-21-44)24-30-22-29-25-45(40(49)34(29)23-35(30)41)36-16-17-37(47)42-39(36)48/h3-15,22-23,36,46H,2,16-21,24-25H2,1H3,(H,42,47,48)/b38-33+. The van der Waals surface area contributed by atoms with Gasteiger partial charge in [0.2, 0.25) is 11.8 Å². The summed E-state index contributed by atoms with van der Waals surface area (Å²) in [5, 5.41) is 12.3. The molecule has 3 aliphatic heterocycles. The molecule has 0 aromatic heterocycles. The Morgan fingerprint density at radius 1 is 0.857 bits per heavy atom. The monoisotopic (exact) mass is 658 g/mol. The van der Waals surface area contributed by atoms with E-state index in [0.717, 1.165) is 55.0 Å². The minimum Gasteiger partial charge on any atom is -0.508 e. The molecule has 4 aromatic rings. The summed E-state index contributed by atoms with van der Waals surface area (Å²) in [5.74, 6) is -1.36. The second kappa shape index (κ2) is 13.7. The van der Waals surface area contributed by atoms with Gasteiger partial charge in [0.1, 0.15) is 17.6 Å². The Kier molecular flexibility index (Phi) is 9.01. The third kappa shape index (κ3) is 6.58. The van der Waals surface area contributed by atoms with Crippen LogP contribution in [-0.2, 0) is 22.7 Å². The number of phenols is 1. The number of anilines is 1. The zero-order valence-corrected chi connectivity index (χ0v) is 27.5. The van der Waals surface area contributed by atoms with Crippen molar-refractivity contribution in [2.75, 3.05) is 31.1 Å². The van der Waals surface area contributed by atoms with Crippen LogP contribution in [0.5, 0.6) is 5.75 Å². The number of benzene rings is 4. The van der Waals surface area contributed by atoms with Crippen molar-refractivity contribution in [2.24, 2.45) is 0 Å². The molecule has 9 heteroatoms. The molecule has 0 saturated carbocycles. The summed E-state index contributed by atoms with van der Waals surface area (Å²) in [5.41, 5.74) is 8.37. The molecule has 3 aliphatic rings. The third-order valence-corrected chi connectivity index (χ3v) is 9.91. The number of rotatable bonds is 8. The molecule has 2 saturated heterocycles. The number of nitrogens with one attached hydrogen (secondary N) is 1. The van der Waals surface area contributed by atoms with Gasteiger partial charge in [0.15, 0.2) is 0 Å². The molecule has 0 spiro atoms. The van der Waals surface area contributed by atoms with Crippen LogP contribution in [0, 0.1) is 5.82 Å². The quantitative estimate of drug-likeness (QED) is 0.179. The number of allylic oxidation sites excluding steroid dienone is 1. The van der Waals surface area contributed by atoms with Crippen LogP contribution in [0.1, 0.15) is 64.4 Å². The largest absolute Gasteiger partial charge is 0.508 e. The Morgan fingerprint density at radius 2 is 1.53 bits per heavy atom. The molecule has 3 heterocycles. The van der Waals surface area contributed by atoms with Crippen molar-refractivity contribution in [3.05, 3.63) is 130 Å². The van der Waals surface area contributed by atoms with Gasteiger partial charge in [-0.25, -0.2) is 4.39 Å². The maximum absolute atomic E-state index is 15.3. The molecule has 0 aliphatic carbocycles. The predicted octanol–water partition coefficient (Wildman–Crippen LogP) is 5.98. The Labute approximate surface area is 285 Å². The summed E-state index contributed by atoms with van der Waals surface area (Å²) < 4.78 is 15.3. The highest BCUT2D eigenvalue weighted by atomic mass is 19.1. The van der Waals surface area contributed by atoms with Gasteiger partial charge in [0, 0.05) is 62.5 Å². The first-order chi connectivity index (χ1) is 23.8. The highest BCUT2D eigenvalue weighted by molar-refractivity contribution is 6.05. The van der Waals surface area contributed by atoms with Gasteiger partial charge in [0.25, 0.3) is 5.91 Å². The van der Waals surface area contributed by atoms with Gasteiger partial charge < -0.3 is 14.9 Å². The van der Waals surface area contributed by atoms with E-state index in [2.05, 4.69) is 70.6 Å². The number of carbonyl (C=O) groups excluding carboxylic acids is 3. The summed E-state index contributed by atoms with van der Waals surface area (Å²) in [6, 6.07) is 28.8. The molecule has 0 bridgehead atoms. The number of hydrogen-bond donors (Lipinski definition) is 2. The summed E-state index contributed by atoms with van der Waals surface area (Å²) in [6.07, 6.45) is 1.30. The van der Waals surface area contributed by atoms with E-state index in [0.29, 0.717) is 17.7 Å². The van der Waals surface area contributed by atoms with Crippen molar-refractivity contribution in [2.45, 2.75) is 45.3 Å². The van der Waals surface area contributed by atoms with Gasteiger partial charge in [-0.2, -0.15) is 0 Å². The number of piperazine rings is 1. The van der Waals surface area contributed by atoms with E-state index in [1.165, 1.54) is 22.1 Å². The third-order valence-electron chi connectivity index (χ3n) is 9.91. The van der Waals surface area contributed by atoms with Crippen LogP contribution in [0.25, 0.3) is 11.1 Å². The molecule has 8 nitrogen and oxygen atoms in total. The van der Waals surface area contributed by atoms with Crippen molar-refractivity contribution < 1.29 is 23.9 Å². The fourth-order valence-corrected chi connectivity index (χ4v) is 7.31. The van der Waals surface area contributed by atoms with Gasteiger partial charge >= 0.3 is 0 Å². The molecule has 0 radical (unpaired) electrons. The maximum Gasteiger partial charge on any atom is 0.255 e. The lowest BCUT2D eigenvalue weighted by atomic mass is 9.88. The van der Waals surface area contributed by atoms with E-state index in [1.807, 2.05) is 18.2 Å². The van der Waals surface area contributed by atoms with E-state index in [9.17, 15) is 19.5 Å². The molecular weight excluding hydrogens is 619 g/mol. The lowest BCUT2D eigenvalue weighted by Crippen LogP contribution is -2.52. The van der Waals surface area contributed by atoms with Crippen molar-refractivity contribution in [1.29, 1.82) is 0 Å². The second-order valence-electron chi connectivity index (χ2n) is 12.9. The zero-order valence-electron chi connectivity index (χ0n) is 27.5. The molecule has 2 fully saturated rings. The Bertz CT molecular complexity index is 1920. The van der Waals surface area contributed by atoms with Crippen LogP contribution in [0.4, 0.5) is 10.1 Å². The van der Waals surface area contributed by atoms with Crippen LogP contribution in [-0.4, -0.2) is 64.8 Å². The number of phenolic OH excluding ortho intramolecular Hbond substituents is 1. The van der Waals surface area contributed by atoms with Gasteiger partial charge in [-0.1, -0.05) is 61.5 Å². The number of carbonyl (C=O) groups is 3. The highest BCUT2D eigenvalue weighted by Gasteiger charge is 2.39. The minimum atomic E-state index is -0.723. The van der Waals surface area contributed by atoms with Crippen LogP contribution in [0.2, 0.25) is 0 Å². The van der Waals surface area contributed by atoms with Crippen LogP contribution in [0.15, 0.2) is 91.0 Å². The smallest absolute Gasteiger partial charge is 0.255 e. The van der Waals surface area contributed by atoms with Crippen molar-refractivity contribution in [3.63, 3.8) is 0 Å². The number of hydrogen-bond acceptors (Lipinski definition) is 6. The van der Waals surface area contributed by atoms with Gasteiger partial charge in [-0.3, -0.25) is 24.6 Å². The molecule has 250 valence electrons. The molecule has 7 rings (SSSR count). The van der Waals surface area contributed by atoms with Crippen molar-refractivity contribution >= 4 is 34.6 Å². The van der Waals surface area contributed by atoms with Crippen LogP contribution in [0.3, 0.4) is 0 Å². The number of imide groups is 1. The number of amides is 3. The number of nitrogens with zero attached hydrogens (tertiary/aromatic N) is 3. The molecule has 1 atom stereocenters. The van der Waals surface area contributed by atoms with E-state index in [-0.39, 0.29) is 42.5 Å². The van der Waals surface area contributed by atoms with E-state index in [1.54, 1.807) is 18.2 Å². The summed E-state index contributed by atoms with van der Waals surface area (Å²) in [6.45, 7) is 5.92. The Hall–Kier alpha value is -5.28. The first-order valence-electron chi connectivity index (χ1n) is 16.9. The van der Waals surface area contributed by atoms with Crippen molar-refractivity contribution in [1.82, 2.24) is 15.1 Å². The molecule has 1 unspecified atom stereocenters. The second-order valence-corrected chi connectivity index (χ2v) is 12.9. The topological polar surface area (TPSA) is 93.2 Å². The number of fused-ring (bicyclic) bond motifs is 1. The fraction of sp³-hybridized carbons (Fsp3) is 0.275. The molecule has 2 N–H and O–H groups in total. The Morgan fingerprint density at radius 3 is 2.18 bits per heavy atom. The summed E-state index contributed by atoms with van der Waals surface area (Å²) in [7, 11) is 0. The van der Waals surface area contributed by atoms with E-state index >= 15 is 4.39 Å². The summed E-state index contributed by atoms with van der Waals surface area (Å²) in [4.78, 5) is 43.1. The zero-order chi connectivity index (χ0) is 34.1. The molecule has 3 amide bonds. The number of aromatic hydroxyl groups is 1. The van der Waals surface area contributed by atoms with Gasteiger partial charge in [-0.05, 0) is 82.6 Å². The SMILES string of the molecule is CC/C(=C(\c1ccc(O)cc1)c1ccc(N2CCN(Cc3cc4c(cc3F)C(=O)N(C3CCC(=O)NC3=O)C4)CC2)cc1)c1ccccc1. The predicted molar refractivity (Wildman–Crippen MR) is 187 cm³/mol. The number of piperidine rings is 1. The summed E-state index contributed by atoms with van der Waals surface area (Å²) >= 11 is 0. The van der Waals surface area contributed by atoms with E-state index in [4.69, 9.17) is 0 Å². The average Bonchev–Trinajstić information content (AvgIpc) is 3.42. The fourth-order valence-electron chi connectivity index (χ4n) is 7.31. The van der Waals surface area contributed by atoms with Gasteiger partial charge in [-0.15, -0.1) is 0 Å². The van der Waals surface area contributed by atoms with Crippen molar-refractivity contribution in [3.8, 4) is 5.75 Å². The molecule has 4 aromatic carbocycles. The lowest BCUT2D eigenvalue weighted by Gasteiger charge is -2.36. The number of halogens is 1. The minimum absolute atomic E-state index is 0.179. The molecule has 49 heavy (non-hydrogen) atoms. The lowest BCUT2D eigenvalue weighted by molar-refractivity contribution is -0.136. The van der Waals surface area contributed by atoms with E-state index < -0.39 is 17.8 Å². The first kappa shape index (κ1) is 32.3. The Balaban J connectivity index is 1.03. The maximum atomic E-state index is 15.3. The normalized spacial score (nSPS) is 18.7.